The highest BCUT2D eigenvalue weighted by Gasteiger charge is 2.35. The van der Waals surface area contributed by atoms with Gasteiger partial charge in [-0.15, -0.1) is 0 Å². The Bertz CT molecular complexity index is 608. The van der Waals surface area contributed by atoms with Crippen molar-refractivity contribution in [3.63, 3.8) is 0 Å². The molecule has 1 aromatic carbocycles. The van der Waals surface area contributed by atoms with Crippen LogP contribution >= 0.6 is 0 Å². The normalized spacial score (nSPS) is 21.0. The number of para-hydroxylation sites is 1. The summed E-state index contributed by atoms with van der Waals surface area (Å²) in [6.45, 7) is 1.50. The molecular weight excluding hydrogens is 274 g/mol. The summed E-state index contributed by atoms with van der Waals surface area (Å²) in [7, 11) is 0. The Hall–Kier alpha value is -2.44. The van der Waals surface area contributed by atoms with Gasteiger partial charge in [-0.3, -0.25) is 14.9 Å². The summed E-state index contributed by atoms with van der Waals surface area (Å²) in [6.07, 6.45) is 1.64. The summed E-state index contributed by atoms with van der Waals surface area (Å²) in [5.41, 5.74) is 0.855. The Morgan fingerprint density at radius 2 is 2.05 bits per heavy atom. The number of likely N-dealkylation sites (tertiary alicyclic amines) is 1. The first-order chi connectivity index (χ1) is 10.2. The number of rotatable bonds is 3. The van der Waals surface area contributed by atoms with Crippen LogP contribution in [0.15, 0.2) is 29.4 Å². The van der Waals surface area contributed by atoms with E-state index in [2.05, 4.69) is 5.16 Å². The third-order valence-electron chi connectivity index (χ3n) is 3.77. The molecule has 0 bridgehead atoms. The van der Waals surface area contributed by atoms with E-state index in [1.54, 1.807) is 23.1 Å². The summed E-state index contributed by atoms with van der Waals surface area (Å²) in [4.78, 5) is 29.8. The summed E-state index contributed by atoms with van der Waals surface area (Å²) in [5, 5.41) is 14.9. The molecule has 0 aromatic heterocycles. The zero-order valence-electron chi connectivity index (χ0n) is 11.4. The zero-order valence-corrected chi connectivity index (χ0v) is 11.4. The molecule has 0 radical (unpaired) electrons. The monoisotopic (exact) mass is 289 g/mol. The quantitative estimate of drug-likeness (QED) is 0.626. The number of nitrogens with zero attached hydrogens (tertiary/aromatic N) is 3. The number of nitro benzene ring substituents is 1. The molecule has 2 heterocycles. The molecule has 21 heavy (non-hydrogen) atoms. The second kappa shape index (κ2) is 5.51. The minimum absolute atomic E-state index is 0.0193. The number of carbonyl (C=O) groups excluding carboxylic acids is 1. The van der Waals surface area contributed by atoms with Gasteiger partial charge in [0.1, 0.15) is 0 Å². The minimum atomic E-state index is -0.655. The highest BCUT2D eigenvalue weighted by Crippen LogP contribution is 2.25. The van der Waals surface area contributed by atoms with Gasteiger partial charge in [0.25, 0.3) is 11.6 Å². The fourth-order valence-corrected chi connectivity index (χ4v) is 2.69. The molecule has 0 aliphatic carbocycles. The van der Waals surface area contributed by atoms with Crippen molar-refractivity contribution in [1.82, 2.24) is 4.90 Å². The molecule has 1 amide bonds. The van der Waals surface area contributed by atoms with Crippen molar-refractivity contribution < 1.29 is 14.6 Å². The van der Waals surface area contributed by atoms with E-state index in [0.29, 0.717) is 11.3 Å². The van der Waals surface area contributed by atoms with E-state index in [0.717, 1.165) is 25.9 Å². The van der Waals surface area contributed by atoms with Crippen LogP contribution < -0.4 is 0 Å². The van der Waals surface area contributed by atoms with E-state index < -0.39 is 11.0 Å². The molecule has 0 unspecified atom stereocenters. The molecule has 7 nitrogen and oxygen atoms in total. The van der Waals surface area contributed by atoms with Crippen molar-refractivity contribution >= 4 is 17.3 Å². The number of carbonyl (C=O) groups is 1. The third-order valence-corrected chi connectivity index (χ3v) is 3.77. The van der Waals surface area contributed by atoms with E-state index >= 15 is 0 Å². The molecular formula is C14H15N3O4. The van der Waals surface area contributed by atoms with Crippen LogP contribution in [0.5, 0.6) is 0 Å². The Morgan fingerprint density at radius 3 is 2.76 bits per heavy atom. The molecule has 1 fully saturated rings. The maximum Gasteiger partial charge on any atom is 0.278 e. The highest BCUT2D eigenvalue weighted by atomic mass is 16.6. The molecule has 3 rings (SSSR count). The van der Waals surface area contributed by atoms with Crippen LogP contribution in [0, 0.1) is 10.1 Å². The molecule has 0 spiro atoms. The van der Waals surface area contributed by atoms with Crippen LogP contribution in [0.3, 0.4) is 0 Å². The van der Waals surface area contributed by atoms with Gasteiger partial charge in [0.15, 0.2) is 0 Å². The lowest BCUT2D eigenvalue weighted by atomic mass is 10.0. The van der Waals surface area contributed by atoms with Crippen molar-refractivity contribution in [2.24, 2.45) is 5.16 Å². The first-order valence-electron chi connectivity index (χ1n) is 6.92. The van der Waals surface area contributed by atoms with Crippen molar-refractivity contribution in [3.8, 4) is 0 Å². The van der Waals surface area contributed by atoms with Crippen molar-refractivity contribution in [1.29, 1.82) is 0 Å². The largest absolute Gasteiger partial charge is 0.382 e. The summed E-state index contributed by atoms with van der Waals surface area (Å²) >= 11 is 0. The lowest BCUT2D eigenvalue weighted by molar-refractivity contribution is -0.385. The van der Waals surface area contributed by atoms with Gasteiger partial charge in [0.05, 0.1) is 16.2 Å². The van der Waals surface area contributed by atoms with Crippen LogP contribution in [-0.2, 0) is 9.63 Å². The number of nitro groups is 1. The first-order valence-corrected chi connectivity index (χ1v) is 6.92. The van der Waals surface area contributed by atoms with E-state index in [4.69, 9.17) is 4.84 Å². The molecule has 7 heteroatoms. The average molecular weight is 289 g/mol. The second-order valence-corrected chi connectivity index (χ2v) is 5.14. The molecule has 0 saturated carbocycles. The fraction of sp³-hybridized carbons (Fsp3) is 0.429. The summed E-state index contributed by atoms with van der Waals surface area (Å²) in [5.74, 6) is -0.0789. The Balaban J connectivity index is 1.75. The van der Waals surface area contributed by atoms with E-state index in [9.17, 15) is 14.9 Å². The number of amides is 1. The molecule has 1 aromatic rings. The zero-order chi connectivity index (χ0) is 14.8. The average Bonchev–Trinajstić information content (AvgIpc) is 3.18. The van der Waals surface area contributed by atoms with Crippen LogP contribution in [0.4, 0.5) is 5.69 Å². The number of benzene rings is 1. The number of hydrogen-bond donors (Lipinski definition) is 0. The van der Waals surface area contributed by atoms with Crippen LogP contribution in [0.2, 0.25) is 0 Å². The van der Waals surface area contributed by atoms with Crippen LogP contribution in [0.25, 0.3) is 0 Å². The van der Waals surface area contributed by atoms with Crippen molar-refractivity contribution in [3.05, 3.63) is 39.9 Å². The maximum absolute atomic E-state index is 12.2. The molecule has 2 aliphatic rings. The topological polar surface area (TPSA) is 85.0 Å². The van der Waals surface area contributed by atoms with Gasteiger partial charge in [-0.1, -0.05) is 17.3 Å². The summed E-state index contributed by atoms with van der Waals surface area (Å²) < 4.78 is 0. The third kappa shape index (κ3) is 2.58. The van der Waals surface area contributed by atoms with Gasteiger partial charge >= 0.3 is 0 Å². The van der Waals surface area contributed by atoms with Gasteiger partial charge in [-0.2, -0.15) is 0 Å². The Morgan fingerprint density at radius 1 is 1.33 bits per heavy atom. The van der Waals surface area contributed by atoms with Crippen molar-refractivity contribution in [2.75, 3.05) is 13.1 Å². The van der Waals surface area contributed by atoms with Gasteiger partial charge in [0.2, 0.25) is 6.10 Å². The fourth-order valence-electron chi connectivity index (χ4n) is 2.69. The number of oxime groups is 1. The highest BCUT2D eigenvalue weighted by molar-refractivity contribution is 6.06. The predicted octanol–water partition coefficient (Wildman–Crippen LogP) is 1.71. The molecule has 2 aliphatic heterocycles. The number of hydrogen-bond acceptors (Lipinski definition) is 5. The van der Waals surface area contributed by atoms with E-state index in [1.165, 1.54) is 6.07 Å². The lowest BCUT2D eigenvalue weighted by Crippen LogP contribution is -2.37. The predicted molar refractivity (Wildman–Crippen MR) is 74.9 cm³/mol. The van der Waals surface area contributed by atoms with E-state index in [-0.39, 0.29) is 18.0 Å². The maximum atomic E-state index is 12.2. The van der Waals surface area contributed by atoms with Crippen molar-refractivity contribution in [2.45, 2.75) is 25.4 Å². The molecule has 110 valence electrons. The van der Waals surface area contributed by atoms with Crippen LogP contribution in [-0.4, -0.2) is 40.6 Å². The lowest BCUT2D eigenvalue weighted by Gasteiger charge is -2.18. The molecule has 0 N–H and O–H groups in total. The van der Waals surface area contributed by atoms with Gasteiger partial charge in [-0.05, 0) is 18.9 Å². The van der Waals surface area contributed by atoms with Gasteiger partial charge in [-0.25, -0.2) is 0 Å². The molecule has 1 saturated heterocycles. The van der Waals surface area contributed by atoms with E-state index in [1.807, 2.05) is 0 Å². The Kier molecular flexibility index (Phi) is 3.55. The first kappa shape index (κ1) is 13.5. The van der Waals surface area contributed by atoms with Gasteiger partial charge < -0.3 is 9.74 Å². The molecule has 1 atom stereocenters. The second-order valence-electron chi connectivity index (χ2n) is 5.14. The van der Waals surface area contributed by atoms with Crippen LogP contribution in [0.1, 0.15) is 24.8 Å². The Labute approximate surface area is 121 Å². The summed E-state index contributed by atoms with van der Waals surface area (Å²) in [6, 6.07) is 6.36. The SMILES string of the molecule is O=C([C@@H]1CC(c2ccccc2[N+](=O)[O-])=NO1)N1CCCC1. The standard InChI is InChI=1S/C14H15N3O4/c18-14(16-7-3-4-8-16)13-9-11(15-21-13)10-5-1-2-6-12(10)17(19)20/h1-2,5-6,13H,3-4,7-9H2/t13-/m0/s1. The van der Waals surface area contributed by atoms with Gasteiger partial charge in [0, 0.05) is 25.6 Å². The smallest absolute Gasteiger partial charge is 0.278 e. The minimum Gasteiger partial charge on any atom is -0.382 e.